The molecular weight excluding hydrogens is 430 g/mol. The largest absolute Gasteiger partial charge is 0.420 e. The fourth-order valence-corrected chi connectivity index (χ4v) is 6.00. The molecule has 1 aliphatic rings. The van der Waals surface area contributed by atoms with E-state index in [0.717, 1.165) is 12.0 Å². The van der Waals surface area contributed by atoms with Gasteiger partial charge in [0, 0.05) is 25.7 Å². The summed E-state index contributed by atoms with van der Waals surface area (Å²) in [4.78, 5) is 24.8. The van der Waals surface area contributed by atoms with Gasteiger partial charge in [-0.3, -0.25) is 9.36 Å². The van der Waals surface area contributed by atoms with E-state index in [1.165, 1.54) is 27.1 Å². The maximum atomic E-state index is 13.1. The maximum Gasteiger partial charge on any atom is 0.420 e. The Morgan fingerprint density at radius 1 is 1.09 bits per heavy atom. The third-order valence-corrected chi connectivity index (χ3v) is 7.57. The number of fused-ring (bicyclic) bond motifs is 1. The summed E-state index contributed by atoms with van der Waals surface area (Å²) in [5, 5.41) is 2.77. The SMILES string of the molecule is C[C@@H]1C[C@H](C)CN(S(=O)(=O)c2ccc3c(c2)oc(=O)n3CC(=O)NCc2ccccc2)C1. The predicted octanol–water partition coefficient (Wildman–Crippen LogP) is 2.58. The summed E-state index contributed by atoms with van der Waals surface area (Å²) in [6.45, 7) is 5.16. The van der Waals surface area contributed by atoms with Crippen molar-refractivity contribution < 1.29 is 17.6 Å². The van der Waals surface area contributed by atoms with Gasteiger partial charge in [0.15, 0.2) is 5.58 Å². The summed E-state index contributed by atoms with van der Waals surface area (Å²) in [7, 11) is -3.70. The molecule has 1 aromatic heterocycles. The molecule has 2 heterocycles. The van der Waals surface area contributed by atoms with Gasteiger partial charge in [-0.25, -0.2) is 13.2 Å². The Labute approximate surface area is 186 Å². The van der Waals surface area contributed by atoms with Crippen molar-refractivity contribution in [3.05, 3.63) is 64.6 Å². The summed E-state index contributed by atoms with van der Waals surface area (Å²) < 4.78 is 34.3. The molecule has 0 saturated carbocycles. The minimum absolute atomic E-state index is 0.0840. The van der Waals surface area contributed by atoms with E-state index in [2.05, 4.69) is 5.32 Å². The monoisotopic (exact) mass is 457 g/mol. The normalized spacial score (nSPS) is 19.8. The van der Waals surface area contributed by atoms with Crippen LogP contribution < -0.4 is 11.1 Å². The molecule has 1 N–H and O–H groups in total. The number of sulfonamides is 1. The van der Waals surface area contributed by atoms with Crippen molar-refractivity contribution in [2.45, 2.75) is 38.3 Å². The Morgan fingerprint density at radius 3 is 2.47 bits per heavy atom. The van der Waals surface area contributed by atoms with Crippen molar-refractivity contribution in [1.29, 1.82) is 0 Å². The molecule has 0 spiro atoms. The van der Waals surface area contributed by atoms with Crippen LogP contribution in [0.1, 0.15) is 25.8 Å². The Bertz CT molecular complexity index is 1270. The van der Waals surface area contributed by atoms with Gasteiger partial charge in [-0.15, -0.1) is 0 Å². The highest BCUT2D eigenvalue weighted by molar-refractivity contribution is 7.89. The van der Waals surface area contributed by atoms with Crippen LogP contribution in [-0.4, -0.2) is 36.3 Å². The zero-order valence-corrected chi connectivity index (χ0v) is 19.0. The average Bonchev–Trinajstić information content (AvgIpc) is 3.06. The van der Waals surface area contributed by atoms with Crippen molar-refractivity contribution >= 4 is 27.0 Å². The first-order chi connectivity index (χ1) is 15.2. The van der Waals surface area contributed by atoms with E-state index in [1.807, 2.05) is 44.2 Å². The second-order valence-electron chi connectivity index (χ2n) is 8.61. The van der Waals surface area contributed by atoms with Crippen LogP contribution in [0, 0.1) is 11.8 Å². The standard InChI is InChI=1S/C23H27N3O5S/c1-16-10-17(2)14-25(13-16)32(29,30)19-8-9-20-21(11-19)31-23(28)26(20)15-22(27)24-12-18-6-4-3-5-7-18/h3-9,11,16-17H,10,12-15H2,1-2H3,(H,24,27)/t16-,17+. The van der Waals surface area contributed by atoms with E-state index in [0.29, 0.717) is 25.2 Å². The molecule has 3 aromatic rings. The average molecular weight is 458 g/mol. The number of amides is 1. The van der Waals surface area contributed by atoms with Gasteiger partial charge in [-0.2, -0.15) is 4.31 Å². The molecule has 1 fully saturated rings. The van der Waals surface area contributed by atoms with E-state index in [4.69, 9.17) is 4.42 Å². The van der Waals surface area contributed by atoms with E-state index < -0.39 is 15.8 Å². The number of nitrogens with zero attached hydrogens (tertiary/aromatic N) is 2. The number of carbonyl (C=O) groups is 1. The fraction of sp³-hybridized carbons (Fsp3) is 0.391. The highest BCUT2D eigenvalue weighted by Crippen LogP contribution is 2.28. The molecule has 4 rings (SSSR count). The lowest BCUT2D eigenvalue weighted by molar-refractivity contribution is -0.121. The first-order valence-electron chi connectivity index (χ1n) is 10.7. The van der Waals surface area contributed by atoms with Crippen LogP contribution in [0.5, 0.6) is 0 Å². The summed E-state index contributed by atoms with van der Waals surface area (Å²) in [5.41, 5.74) is 1.47. The lowest BCUT2D eigenvalue weighted by Crippen LogP contribution is -2.42. The van der Waals surface area contributed by atoms with Crippen LogP contribution in [0.25, 0.3) is 11.1 Å². The molecule has 9 heteroatoms. The van der Waals surface area contributed by atoms with E-state index >= 15 is 0 Å². The van der Waals surface area contributed by atoms with E-state index in [1.54, 1.807) is 0 Å². The minimum Gasteiger partial charge on any atom is -0.408 e. The number of aromatic nitrogens is 1. The maximum absolute atomic E-state index is 13.1. The molecule has 0 aliphatic carbocycles. The molecule has 0 unspecified atom stereocenters. The van der Waals surface area contributed by atoms with Gasteiger partial charge in [-0.05, 0) is 36.0 Å². The van der Waals surface area contributed by atoms with Crippen molar-refractivity contribution in [3.8, 4) is 0 Å². The van der Waals surface area contributed by atoms with Crippen LogP contribution in [0.3, 0.4) is 0 Å². The molecule has 1 saturated heterocycles. The summed E-state index contributed by atoms with van der Waals surface area (Å²) >= 11 is 0. The number of benzene rings is 2. The van der Waals surface area contributed by atoms with Crippen LogP contribution in [0.4, 0.5) is 0 Å². The van der Waals surface area contributed by atoms with Crippen molar-refractivity contribution in [2.75, 3.05) is 13.1 Å². The Hall–Kier alpha value is -2.91. The Morgan fingerprint density at radius 2 is 1.78 bits per heavy atom. The topological polar surface area (TPSA) is 102 Å². The van der Waals surface area contributed by atoms with Gasteiger partial charge < -0.3 is 9.73 Å². The van der Waals surface area contributed by atoms with Gasteiger partial charge >= 0.3 is 5.76 Å². The second-order valence-corrected chi connectivity index (χ2v) is 10.6. The van der Waals surface area contributed by atoms with Crippen molar-refractivity contribution in [1.82, 2.24) is 14.2 Å². The first kappa shape index (κ1) is 22.3. The number of hydrogen-bond acceptors (Lipinski definition) is 5. The van der Waals surface area contributed by atoms with Gasteiger partial charge in [0.2, 0.25) is 15.9 Å². The molecule has 2 atom stereocenters. The molecular formula is C23H27N3O5S. The highest BCUT2D eigenvalue weighted by atomic mass is 32.2. The highest BCUT2D eigenvalue weighted by Gasteiger charge is 2.32. The lowest BCUT2D eigenvalue weighted by Gasteiger charge is -2.34. The molecule has 1 amide bonds. The second kappa shape index (κ2) is 8.91. The first-order valence-corrected chi connectivity index (χ1v) is 12.1. The molecule has 0 radical (unpaired) electrons. The van der Waals surface area contributed by atoms with Crippen LogP contribution in [0.2, 0.25) is 0 Å². The molecule has 0 bridgehead atoms. The van der Waals surface area contributed by atoms with Crippen molar-refractivity contribution in [3.63, 3.8) is 0 Å². The number of rotatable bonds is 6. The third kappa shape index (κ3) is 4.63. The fourth-order valence-electron chi connectivity index (χ4n) is 4.30. The third-order valence-electron chi connectivity index (χ3n) is 5.75. The zero-order valence-electron chi connectivity index (χ0n) is 18.2. The van der Waals surface area contributed by atoms with Gasteiger partial charge in [0.1, 0.15) is 6.54 Å². The van der Waals surface area contributed by atoms with E-state index in [-0.39, 0.29) is 34.8 Å². The summed E-state index contributed by atoms with van der Waals surface area (Å²) in [6, 6.07) is 13.8. The van der Waals surface area contributed by atoms with Crippen LogP contribution >= 0.6 is 0 Å². The number of oxazole rings is 1. The summed E-state index contributed by atoms with van der Waals surface area (Å²) in [5.74, 6) is -0.479. The number of carbonyl (C=O) groups excluding carboxylic acids is 1. The molecule has 2 aromatic carbocycles. The van der Waals surface area contributed by atoms with Crippen molar-refractivity contribution in [2.24, 2.45) is 11.8 Å². The lowest BCUT2D eigenvalue weighted by atomic mass is 9.94. The van der Waals surface area contributed by atoms with E-state index in [9.17, 15) is 18.0 Å². The number of piperidine rings is 1. The van der Waals surface area contributed by atoms with Gasteiger partial charge in [-0.1, -0.05) is 44.2 Å². The minimum atomic E-state index is -3.70. The number of hydrogen-bond donors (Lipinski definition) is 1. The molecule has 170 valence electrons. The predicted molar refractivity (Wildman–Crippen MR) is 120 cm³/mol. The van der Waals surface area contributed by atoms with Crippen LogP contribution in [0.15, 0.2) is 62.6 Å². The van der Waals surface area contributed by atoms with Gasteiger partial charge in [0.25, 0.3) is 0 Å². The quantitative estimate of drug-likeness (QED) is 0.613. The Balaban J connectivity index is 1.54. The summed E-state index contributed by atoms with van der Waals surface area (Å²) in [6.07, 6.45) is 0.995. The molecule has 8 nitrogen and oxygen atoms in total. The van der Waals surface area contributed by atoms with Gasteiger partial charge in [0.05, 0.1) is 10.4 Å². The zero-order chi connectivity index (χ0) is 22.9. The molecule has 1 aliphatic heterocycles. The molecule has 32 heavy (non-hydrogen) atoms. The van der Waals surface area contributed by atoms with Crippen LogP contribution in [-0.2, 0) is 27.9 Å². The smallest absolute Gasteiger partial charge is 0.408 e. The number of nitrogens with one attached hydrogen (secondary N) is 1. The Kier molecular flexibility index (Phi) is 6.21.